The van der Waals surface area contributed by atoms with Crippen LogP contribution in [0.1, 0.15) is 5.56 Å². The summed E-state index contributed by atoms with van der Waals surface area (Å²) in [4.78, 5) is 22.7. The largest absolute Gasteiger partial charge is 0.416 e. The summed E-state index contributed by atoms with van der Waals surface area (Å²) in [5.41, 5.74) is -3.90. The second-order valence-electron chi connectivity index (χ2n) is 4.61. The zero-order valence-electron chi connectivity index (χ0n) is 12.2. The topological polar surface area (TPSA) is 99.2 Å². The molecule has 0 aliphatic carbocycles. The quantitative estimate of drug-likeness (QED) is 0.273. The predicted octanol–water partition coefficient (Wildman–Crippen LogP) is 6.68. The van der Waals surface area contributed by atoms with Crippen molar-refractivity contribution in [1.82, 2.24) is 4.98 Å². The van der Waals surface area contributed by atoms with Crippen LogP contribution in [-0.2, 0) is 6.18 Å². The van der Waals surface area contributed by atoms with Crippen LogP contribution in [-0.4, -0.2) is 14.8 Å². The van der Waals surface area contributed by atoms with Crippen molar-refractivity contribution in [2.24, 2.45) is 0 Å². The number of benzene rings is 1. The van der Waals surface area contributed by atoms with Crippen molar-refractivity contribution in [3.63, 3.8) is 0 Å². The predicted molar refractivity (Wildman–Crippen MR) is 93.2 cm³/mol. The molecule has 1 heterocycles. The molecule has 0 saturated carbocycles. The van der Waals surface area contributed by atoms with Crippen LogP contribution in [0.2, 0.25) is 20.4 Å². The van der Waals surface area contributed by atoms with Gasteiger partial charge < -0.3 is 0 Å². The van der Waals surface area contributed by atoms with Gasteiger partial charge in [-0.2, -0.15) is 13.2 Å². The summed E-state index contributed by atoms with van der Waals surface area (Å²) in [7, 11) is 0. The van der Waals surface area contributed by atoms with E-state index in [0.29, 0.717) is 0 Å². The van der Waals surface area contributed by atoms with Crippen LogP contribution in [0.15, 0.2) is 21.9 Å². The van der Waals surface area contributed by atoms with Crippen molar-refractivity contribution < 1.29 is 23.0 Å². The van der Waals surface area contributed by atoms with E-state index >= 15 is 0 Å². The molecule has 0 aliphatic rings. The average Bonchev–Trinajstić information content (AvgIpc) is 2.55. The van der Waals surface area contributed by atoms with Crippen molar-refractivity contribution in [2.45, 2.75) is 16.0 Å². The molecule has 0 N–H and O–H groups in total. The van der Waals surface area contributed by atoms with Gasteiger partial charge in [0.05, 0.1) is 30.4 Å². The maximum atomic E-state index is 12.9. The van der Waals surface area contributed by atoms with Crippen LogP contribution < -0.4 is 0 Å². The van der Waals surface area contributed by atoms with E-state index in [4.69, 9.17) is 46.4 Å². The number of aromatic nitrogens is 1. The van der Waals surface area contributed by atoms with Crippen LogP contribution in [0.25, 0.3) is 0 Å². The third-order valence-electron chi connectivity index (χ3n) is 2.93. The molecule has 1 aromatic heterocycles. The van der Waals surface area contributed by atoms with Crippen LogP contribution in [0.3, 0.4) is 0 Å². The number of halogens is 7. The highest BCUT2D eigenvalue weighted by Gasteiger charge is 2.38. The SMILES string of the molecule is O=[N+]([O-])c1cc(C(F)(F)F)cc([N+](=O)[O-])c1Sc1c(Cl)c(Cl)nc(Cl)c1Cl. The van der Waals surface area contributed by atoms with Crippen LogP contribution >= 0.6 is 58.2 Å². The van der Waals surface area contributed by atoms with E-state index in [1.807, 2.05) is 0 Å². The molecule has 0 radical (unpaired) electrons. The average molecular weight is 483 g/mol. The molecule has 144 valence electrons. The van der Waals surface area contributed by atoms with Gasteiger partial charge in [0.25, 0.3) is 11.4 Å². The summed E-state index contributed by atoms with van der Waals surface area (Å²) in [6, 6.07) is 0.336. The van der Waals surface area contributed by atoms with E-state index in [2.05, 4.69) is 4.98 Å². The molecule has 2 aromatic rings. The molecule has 0 aliphatic heterocycles. The fraction of sp³-hybridized carbons (Fsp3) is 0.0833. The zero-order valence-corrected chi connectivity index (χ0v) is 16.0. The Bertz CT molecular complexity index is 913. The van der Waals surface area contributed by atoms with Gasteiger partial charge in [0, 0.05) is 12.1 Å². The smallest absolute Gasteiger partial charge is 0.258 e. The number of nitro benzene ring substituents is 2. The highest BCUT2D eigenvalue weighted by molar-refractivity contribution is 7.99. The number of pyridine rings is 1. The first-order valence-corrected chi connectivity index (χ1v) is 8.59. The second-order valence-corrected chi connectivity index (χ2v) is 7.10. The fourth-order valence-electron chi connectivity index (χ4n) is 1.80. The molecule has 0 saturated heterocycles. The van der Waals surface area contributed by atoms with Gasteiger partial charge in [-0.05, 0) is 0 Å². The van der Waals surface area contributed by atoms with E-state index in [1.165, 1.54) is 0 Å². The molecule has 0 bridgehead atoms. The van der Waals surface area contributed by atoms with Crippen molar-refractivity contribution in [1.29, 1.82) is 0 Å². The van der Waals surface area contributed by atoms with Crippen LogP contribution in [0.4, 0.5) is 24.5 Å². The van der Waals surface area contributed by atoms with E-state index in [0.717, 1.165) is 0 Å². The molecule has 2 rings (SSSR count). The first kappa shape index (κ1) is 21.8. The Morgan fingerprint density at radius 2 is 1.30 bits per heavy atom. The number of hydrogen-bond donors (Lipinski definition) is 0. The van der Waals surface area contributed by atoms with E-state index < -0.39 is 37.9 Å². The number of rotatable bonds is 4. The molecule has 0 spiro atoms. The lowest BCUT2D eigenvalue weighted by Crippen LogP contribution is -2.08. The van der Waals surface area contributed by atoms with Crippen molar-refractivity contribution in [3.8, 4) is 0 Å². The van der Waals surface area contributed by atoms with Crippen LogP contribution in [0, 0.1) is 20.2 Å². The Hall–Kier alpha value is -1.53. The lowest BCUT2D eigenvalue weighted by atomic mass is 10.1. The number of hydrogen-bond acceptors (Lipinski definition) is 6. The molecule has 1 aromatic carbocycles. The fourth-order valence-corrected chi connectivity index (χ4v) is 3.92. The Labute approximate surface area is 171 Å². The number of nitrogens with zero attached hydrogens (tertiary/aromatic N) is 3. The van der Waals surface area contributed by atoms with Gasteiger partial charge in [0.15, 0.2) is 15.2 Å². The summed E-state index contributed by atoms with van der Waals surface area (Å²) in [5.74, 6) is 0. The zero-order chi connectivity index (χ0) is 20.7. The first-order chi connectivity index (χ1) is 12.3. The Morgan fingerprint density at radius 3 is 1.63 bits per heavy atom. The van der Waals surface area contributed by atoms with Gasteiger partial charge in [-0.25, -0.2) is 4.98 Å². The Balaban J connectivity index is 2.81. The summed E-state index contributed by atoms with van der Waals surface area (Å²) in [6.07, 6.45) is -5.04. The molecule has 27 heavy (non-hydrogen) atoms. The Kier molecular flexibility index (Phi) is 6.32. The minimum absolute atomic E-state index is 0.168. The van der Waals surface area contributed by atoms with Gasteiger partial charge in [-0.1, -0.05) is 58.2 Å². The Morgan fingerprint density at radius 1 is 0.889 bits per heavy atom. The minimum Gasteiger partial charge on any atom is -0.258 e. The lowest BCUT2D eigenvalue weighted by Gasteiger charge is -2.12. The molecule has 0 unspecified atom stereocenters. The standard InChI is InChI=1S/C12H2Cl4F3N3O4S/c13-6-9(7(14)11(16)20-10(6)15)27-8-4(21(23)24)1-3(12(17,18)19)2-5(8)22(25)26/h1-2H. The number of alkyl halides is 3. The van der Waals surface area contributed by atoms with Crippen molar-refractivity contribution in [2.75, 3.05) is 0 Å². The minimum atomic E-state index is -5.04. The maximum absolute atomic E-state index is 12.9. The summed E-state index contributed by atoms with van der Waals surface area (Å²) in [5, 5.41) is 21.1. The highest BCUT2D eigenvalue weighted by Crippen LogP contribution is 2.50. The second kappa shape index (κ2) is 7.84. The molecular weight excluding hydrogens is 481 g/mol. The van der Waals surface area contributed by atoms with Gasteiger partial charge in [-0.15, -0.1) is 0 Å². The summed E-state index contributed by atoms with van der Waals surface area (Å²) >= 11 is 23.6. The molecule has 0 amide bonds. The molecule has 15 heteroatoms. The maximum Gasteiger partial charge on any atom is 0.416 e. The van der Waals surface area contributed by atoms with Gasteiger partial charge in [0.1, 0.15) is 0 Å². The van der Waals surface area contributed by atoms with Crippen molar-refractivity contribution >= 4 is 69.5 Å². The van der Waals surface area contributed by atoms with Crippen molar-refractivity contribution in [3.05, 3.63) is 58.3 Å². The first-order valence-electron chi connectivity index (χ1n) is 6.26. The molecular formula is C12H2Cl4F3N3O4S. The third-order valence-corrected chi connectivity index (χ3v) is 5.87. The van der Waals surface area contributed by atoms with Gasteiger partial charge in [0.2, 0.25) is 0 Å². The van der Waals surface area contributed by atoms with Gasteiger partial charge >= 0.3 is 6.18 Å². The highest BCUT2D eigenvalue weighted by atomic mass is 35.5. The number of nitro groups is 2. The van der Waals surface area contributed by atoms with Gasteiger partial charge in [-0.3, -0.25) is 20.2 Å². The summed E-state index contributed by atoms with van der Waals surface area (Å²) in [6.45, 7) is 0. The van der Waals surface area contributed by atoms with E-state index in [9.17, 15) is 33.4 Å². The van der Waals surface area contributed by atoms with E-state index in [-0.39, 0.29) is 49.1 Å². The normalized spacial score (nSPS) is 11.5. The molecule has 7 nitrogen and oxygen atoms in total. The van der Waals surface area contributed by atoms with Crippen LogP contribution in [0.5, 0.6) is 0 Å². The lowest BCUT2D eigenvalue weighted by molar-refractivity contribution is -0.400. The molecule has 0 atom stereocenters. The summed E-state index contributed by atoms with van der Waals surface area (Å²) < 4.78 is 38.8. The van der Waals surface area contributed by atoms with E-state index in [1.54, 1.807) is 0 Å². The third kappa shape index (κ3) is 4.49. The molecule has 0 fully saturated rings. The monoisotopic (exact) mass is 481 g/mol.